The van der Waals surface area contributed by atoms with Gasteiger partial charge in [0.05, 0.1) is 5.75 Å². The van der Waals surface area contributed by atoms with Gasteiger partial charge in [0.15, 0.2) is 5.82 Å². The molecule has 0 unspecified atom stereocenters. The first-order valence-electron chi connectivity index (χ1n) is 7.37. The van der Waals surface area contributed by atoms with Crippen LogP contribution in [0.15, 0.2) is 29.4 Å². The molecule has 0 aliphatic heterocycles. The largest absolute Gasteiger partial charge is 0.335 e. The first-order valence-corrected chi connectivity index (χ1v) is 8.35. The lowest BCUT2D eigenvalue weighted by Gasteiger charge is -2.20. The molecule has 1 heterocycles. The summed E-state index contributed by atoms with van der Waals surface area (Å²) in [7, 11) is 0. The van der Waals surface area contributed by atoms with Gasteiger partial charge >= 0.3 is 6.03 Å². The Hall–Kier alpha value is -2.62. The number of nitrogen functional groups attached to an aromatic ring is 1. The van der Waals surface area contributed by atoms with Gasteiger partial charge in [0, 0.05) is 11.1 Å². The van der Waals surface area contributed by atoms with Crippen molar-refractivity contribution in [2.75, 3.05) is 11.6 Å². The van der Waals surface area contributed by atoms with Crippen molar-refractivity contribution in [3.8, 4) is 11.4 Å². The van der Waals surface area contributed by atoms with Crippen LogP contribution < -0.4 is 16.5 Å². The van der Waals surface area contributed by atoms with Crippen LogP contribution in [0.2, 0.25) is 0 Å². The lowest BCUT2D eigenvalue weighted by atomic mass is 10.1. The highest BCUT2D eigenvalue weighted by molar-refractivity contribution is 7.99. The molecule has 3 amide bonds. The van der Waals surface area contributed by atoms with E-state index in [-0.39, 0.29) is 16.7 Å². The van der Waals surface area contributed by atoms with Crippen LogP contribution in [-0.4, -0.2) is 38.1 Å². The lowest BCUT2D eigenvalue weighted by Crippen LogP contribution is -2.48. The van der Waals surface area contributed by atoms with Crippen LogP contribution >= 0.6 is 11.8 Å². The number of hydrogen-bond acceptors (Lipinski definition) is 6. The number of benzene rings is 1. The second-order valence-corrected chi connectivity index (χ2v) is 7.17. The zero-order valence-corrected chi connectivity index (χ0v) is 14.9. The fourth-order valence-corrected chi connectivity index (χ4v) is 2.52. The van der Waals surface area contributed by atoms with E-state index >= 15 is 0 Å². The smallest absolute Gasteiger partial charge is 0.321 e. The average molecular weight is 366 g/mol. The molecule has 0 saturated carbocycles. The number of nitrogens with zero attached hydrogens (tertiary/aromatic N) is 3. The van der Waals surface area contributed by atoms with Gasteiger partial charge < -0.3 is 11.2 Å². The number of carbonyl (C=O) groups is 2. The minimum Gasteiger partial charge on any atom is -0.335 e. The molecule has 2 aromatic rings. The molecule has 0 aliphatic carbocycles. The average Bonchev–Trinajstić information content (AvgIpc) is 2.84. The Bertz CT molecular complexity index is 787. The van der Waals surface area contributed by atoms with Gasteiger partial charge in [0.1, 0.15) is 5.82 Å². The number of aromatic nitrogens is 3. The topological polar surface area (TPSA) is 115 Å². The molecule has 2 rings (SSSR count). The van der Waals surface area contributed by atoms with Crippen molar-refractivity contribution in [1.82, 2.24) is 25.5 Å². The van der Waals surface area contributed by atoms with Crippen LogP contribution in [0.25, 0.3) is 11.4 Å². The van der Waals surface area contributed by atoms with E-state index in [1.165, 1.54) is 22.9 Å². The van der Waals surface area contributed by atoms with E-state index in [1.54, 1.807) is 26.8 Å². The van der Waals surface area contributed by atoms with E-state index < -0.39 is 23.3 Å². The fraction of sp³-hybridized carbons (Fsp3) is 0.333. The highest BCUT2D eigenvalue weighted by atomic mass is 32.2. The van der Waals surface area contributed by atoms with Crippen molar-refractivity contribution in [1.29, 1.82) is 0 Å². The van der Waals surface area contributed by atoms with Crippen LogP contribution in [0.3, 0.4) is 0 Å². The Balaban J connectivity index is 1.96. The summed E-state index contributed by atoms with van der Waals surface area (Å²) in [6, 6.07) is 5.20. The molecule has 10 heteroatoms. The molecule has 0 aliphatic rings. The zero-order valence-electron chi connectivity index (χ0n) is 14.0. The van der Waals surface area contributed by atoms with Gasteiger partial charge in [-0.25, -0.2) is 13.9 Å². The number of hydrogen-bond donors (Lipinski definition) is 3. The number of thioether (sulfide) groups is 1. The summed E-state index contributed by atoms with van der Waals surface area (Å²) in [5, 5.41) is 12.9. The number of imide groups is 1. The van der Waals surface area contributed by atoms with Crippen molar-refractivity contribution >= 4 is 23.7 Å². The fourth-order valence-electron chi connectivity index (χ4n) is 1.86. The Morgan fingerprint density at radius 3 is 2.68 bits per heavy atom. The Kier molecular flexibility index (Phi) is 5.62. The summed E-state index contributed by atoms with van der Waals surface area (Å²) in [6.07, 6.45) is 0. The summed E-state index contributed by atoms with van der Waals surface area (Å²) >= 11 is 1.01. The maximum absolute atomic E-state index is 13.3. The van der Waals surface area contributed by atoms with Gasteiger partial charge in [-0.15, -0.1) is 10.2 Å². The maximum Gasteiger partial charge on any atom is 0.321 e. The number of halogens is 1. The number of carbonyl (C=O) groups excluding carboxylic acids is 2. The standard InChI is InChI=1S/C15H19FN6O2S/c1-15(2,3)19-13(24)18-11(23)8-25-14-21-20-12(22(14)17)9-5-4-6-10(16)7-9/h4-7H,8,17H2,1-3H3,(H2,18,19,23,24). The van der Waals surface area contributed by atoms with Crippen molar-refractivity contribution in [3.05, 3.63) is 30.1 Å². The van der Waals surface area contributed by atoms with Crippen LogP contribution in [0.5, 0.6) is 0 Å². The number of amides is 3. The third kappa shape index (κ3) is 5.45. The van der Waals surface area contributed by atoms with Gasteiger partial charge in [-0.2, -0.15) is 0 Å². The molecule has 0 spiro atoms. The van der Waals surface area contributed by atoms with E-state index in [4.69, 9.17) is 5.84 Å². The minimum absolute atomic E-state index is 0.0734. The van der Waals surface area contributed by atoms with E-state index in [1.807, 2.05) is 0 Å². The van der Waals surface area contributed by atoms with Crippen molar-refractivity contribution in [3.63, 3.8) is 0 Å². The summed E-state index contributed by atoms with van der Waals surface area (Å²) < 4.78 is 14.5. The molecule has 0 atom stereocenters. The van der Waals surface area contributed by atoms with E-state index in [2.05, 4.69) is 20.8 Å². The number of rotatable bonds is 4. The van der Waals surface area contributed by atoms with Crippen molar-refractivity contribution in [2.45, 2.75) is 31.5 Å². The van der Waals surface area contributed by atoms with Crippen LogP contribution in [-0.2, 0) is 4.79 Å². The molecule has 4 N–H and O–H groups in total. The third-order valence-corrected chi connectivity index (χ3v) is 3.76. The van der Waals surface area contributed by atoms with Crippen LogP contribution in [0, 0.1) is 5.82 Å². The first kappa shape index (κ1) is 18.7. The van der Waals surface area contributed by atoms with E-state index in [9.17, 15) is 14.0 Å². The number of urea groups is 1. The first-order chi connectivity index (χ1) is 11.7. The molecule has 25 heavy (non-hydrogen) atoms. The minimum atomic E-state index is -0.576. The SMILES string of the molecule is CC(C)(C)NC(=O)NC(=O)CSc1nnc(-c2cccc(F)c2)n1N. The van der Waals surface area contributed by atoms with E-state index in [0.717, 1.165) is 11.8 Å². The third-order valence-electron chi connectivity index (χ3n) is 2.82. The van der Waals surface area contributed by atoms with Gasteiger partial charge in [-0.1, -0.05) is 23.9 Å². The van der Waals surface area contributed by atoms with Crippen LogP contribution in [0.4, 0.5) is 9.18 Å². The van der Waals surface area contributed by atoms with Gasteiger partial charge in [0.2, 0.25) is 11.1 Å². The lowest BCUT2D eigenvalue weighted by molar-refractivity contribution is -0.117. The van der Waals surface area contributed by atoms with Gasteiger partial charge in [-0.3, -0.25) is 10.1 Å². The predicted octanol–water partition coefficient (Wildman–Crippen LogP) is 1.51. The number of nitrogens with one attached hydrogen (secondary N) is 2. The second-order valence-electron chi connectivity index (χ2n) is 6.23. The van der Waals surface area contributed by atoms with Crippen molar-refractivity contribution in [2.24, 2.45) is 0 Å². The maximum atomic E-state index is 13.3. The number of nitrogens with two attached hydrogens (primary N) is 1. The van der Waals surface area contributed by atoms with Crippen molar-refractivity contribution < 1.29 is 14.0 Å². The summed E-state index contributed by atoms with van der Waals surface area (Å²) in [4.78, 5) is 23.4. The zero-order chi connectivity index (χ0) is 18.6. The molecular formula is C15H19FN6O2S. The molecule has 0 radical (unpaired) electrons. The Morgan fingerprint density at radius 2 is 2.04 bits per heavy atom. The highest BCUT2D eigenvalue weighted by Crippen LogP contribution is 2.21. The summed E-state index contributed by atoms with van der Waals surface area (Å²) in [5.41, 5.74) is 0.0188. The van der Waals surface area contributed by atoms with Gasteiger partial charge in [-0.05, 0) is 32.9 Å². The quantitative estimate of drug-likeness (QED) is 0.558. The summed E-state index contributed by atoms with van der Waals surface area (Å²) in [6.45, 7) is 5.41. The molecule has 134 valence electrons. The normalized spacial score (nSPS) is 11.2. The Labute approximate surface area is 148 Å². The molecule has 8 nitrogen and oxygen atoms in total. The summed E-state index contributed by atoms with van der Waals surface area (Å²) in [5.74, 6) is 5.18. The molecule has 0 saturated heterocycles. The monoisotopic (exact) mass is 366 g/mol. The van der Waals surface area contributed by atoms with Crippen LogP contribution in [0.1, 0.15) is 20.8 Å². The molecular weight excluding hydrogens is 347 g/mol. The molecule has 1 aromatic heterocycles. The molecule has 0 fully saturated rings. The van der Waals surface area contributed by atoms with E-state index in [0.29, 0.717) is 5.56 Å². The predicted molar refractivity (Wildman–Crippen MR) is 92.7 cm³/mol. The van der Waals surface area contributed by atoms with Gasteiger partial charge in [0.25, 0.3) is 0 Å². The highest BCUT2D eigenvalue weighted by Gasteiger charge is 2.17. The molecule has 0 bridgehead atoms. The second kappa shape index (κ2) is 7.51. The molecule has 1 aromatic carbocycles. The Morgan fingerprint density at radius 1 is 1.32 bits per heavy atom.